The van der Waals surface area contributed by atoms with Crippen molar-refractivity contribution in [1.82, 2.24) is 9.78 Å². The molecule has 0 saturated carbocycles. The van der Waals surface area contributed by atoms with E-state index in [1.54, 1.807) is 49.2 Å². The predicted octanol–water partition coefficient (Wildman–Crippen LogP) is 3.18. The molecule has 1 unspecified atom stereocenters. The van der Waals surface area contributed by atoms with Crippen molar-refractivity contribution < 1.29 is 22.7 Å². The number of methoxy groups -OCH3 is 2. The van der Waals surface area contributed by atoms with E-state index < -0.39 is 9.84 Å². The third-order valence-corrected chi connectivity index (χ3v) is 7.02. The average Bonchev–Trinajstić information content (AvgIpc) is 3.36. The van der Waals surface area contributed by atoms with Gasteiger partial charge in [0.25, 0.3) is 5.91 Å². The Bertz CT molecular complexity index is 1180. The topological polar surface area (TPSA) is 99.5 Å². The van der Waals surface area contributed by atoms with Crippen LogP contribution in [0, 0.1) is 0 Å². The molecule has 1 amide bonds. The number of nitrogens with zero attached hydrogens (tertiary/aromatic N) is 2. The smallest absolute Gasteiger partial charge is 0.256 e. The zero-order valence-corrected chi connectivity index (χ0v) is 18.1. The first kappa shape index (κ1) is 20.9. The van der Waals surface area contributed by atoms with Gasteiger partial charge in [0.05, 0.1) is 37.5 Å². The lowest BCUT2D eigenvalue weighted by atomic mass is 10.1. The van der Waals surface area contributed by atoms with Crippen LogP contribution in [0.25, 0.3) is 11.3 Å². The molecule has 1 saturated heterocycles. The molecule has 0 bridgehead atoms. The Kier molecular flexibility index (Phi) is 5.69. The molecule has 8 nitrogen and oxygen atoms in total. The Hall–Kier alpha value is -3.33. The van der Waals surface area contributed by atoms with Gasteiger partial charge in [-0.2, -0.15) is 5.10 Å². The normalized spacial score (nSPS) is 17.3. The van der Waals surface area contributed by atoms with Crippen LogP contribution in [0.3, 0.4) is 0 Å². The number of hydrogen-bond acceptors (Lipinski definition) is 6. The van der Waals surface area contributed by atoms with Crippen molar-refractivity contribution in [3.8, 4) is 22.8 Å². The highest BCUT2D eigenvalue weighted by Crippen LogP contribution is 2.31. The maximum atomic E-state index is 12.8. The molecule has 2 aromatic carbocycles. The Morgan fingerprint density at radius 2 is 1.65 bits per heavy atom. The van der Waals surface area contributed by atoms with Gasteiger partial charge in [-0.1, -0.05) is 0 Å². The second-order valence-electron chi connectivity index (χ2n) is 7.33. The number of aromatic nitrogens is 2. The molecule has 0 radical (unpaired) electrons. The number of amides is 1. The van der Waals surface area contributed by atoms with Crippen LogP contribution in [0.4, 0.5) is 5.82 Å². The first-order chi connectivity index (χ1) is 14.9. The van der Waals surface area contributed by atoms with Crippen LogP contribution < -0.4 is 14.8 Å². The van der Waals surface area contributed by atoms with Crippen molar-refractivity contribution in [2.75, 3.05) is 31.0 Å². The first-order valence-corrected chi connectivity index (χ1v) is 11.6. The van der Waals surface area contributed by atoms with Crippen molar-refractivity contribution in [2.45, 2.75) is 12.5 Å². The second-order valence-corrected chi connectivity index (χ2v) is 9.56. The Morgan fingerprint density at radius 1 is 1.03 bits per heavy atom. The number of carbonyl (C=O) groups is 1. The summed E-state index contributed by atoms with van der Waals surface area (Å²) in [4.78, 5) is 12.8. The molecule has 4 rings (SSSR count). The van der Waals surface area contributed by atoms with Gasteiger partial charge in [-0.05, 0) is 55.0 Å². The van der Waals surface area contributed by atoms with Gasteiger partial charge < -0.3 is 14.8 Å². The summed E-state index contributed by atoms with van der Waals surface area (Å²) in [7, 11) is 0.0368. The highest BCUT2D eigenvalue weighted by molar-refractivity contribution is 7.91. The van der Waals surface area contributed by atoms with Crippen LogP contribution in [0.5, 0.6) is 11.5 Å². The molecule has 1 N–H and O–H groups in total. The number of nitrogens with one attached hydrogen (secondary N) is 1. The number of rotatable bonds is 6. The van der Waals surface area contributed by atoms with Crippen molar-refractivity contribution >= 4 is 21.6 Å². The summed E-state index contributed by atoms with van der Waals surface area (Å²) in [5, 5.41) is 7.52. The lowest BCUT2D eigenvalue weighted by Gasteiger charge is -2.14. The molecule has 0 aliphatic carbocycles. The summed E-state index contributed by atoms with van der Waals surface area (Å²) in [6.07, 6.45) is 0.456. The van der Waals surface area contributed by atoms with Gasteiger partial charge in [-0.3, -0.25) is 4.79 Å². The molecular weight excluding hydrogens is 418 g/mol. The fourth-order valence-corrected chi connectivity index (χ4v) is 5.26. The Balaban J connectivity index is 1.66. The maximum Gasteiger partial charge on any atom is 0.256 e. The number of anilines is 1. The predicted molar refractivity (Wildman–Crippen MR) is 117 cm³/mol. The molecule has 1 atom stereocenters. The lowest BCUT2D eigenvalue weighted by molar-refractivity contribution is 0.102. The summed E-state index contributed by atoms with van der Waals surface area (Å²) < 4.78 is 36.0. The summed E-state index contributed by atoms with van der Waals surface area (Å²) in [6.45, 7) is 0. The van der Waals surface area contributed by atoms with E-state index in [1.165, 1.54) is 0 Å². The fourth-order valence-electron chi connectivity index (χ4n) is 3.57. The molecule has 0 spiro atoms. The number of carbonyl (C=O) groups excluding carboxylic acids is 1. The maximum absolute atomic E-state index is 12.8. The standard InChI is InChI=1S/C22H23N3O5S/c1-29-18-7-3-15(4-8-18)20-13-21(25(24-20)17-11-12-31(27,28)14-17)23-22(26)16-5-9-19(30-2)10-6-16/h3-10,13,17H,11-12,14H2,1-2H3,(H,23,26). The van der Waals surface area contributed by atoms with E-state index in [4.69, 9.17) is 9.47 Å². The number of hydrogen-bond donors (Lipinski definition) is 1. The van der Waals surface area contributed by atoms with Crippen LogP contribution in [0.1, 0.15) is 22.8 Å². The lowest BCUT2D eigenvalue weighted by Crippen LogP contribution is -2.19. The molecule has 31 heavy (non-hydrogen) atoms. The minimum absolute atomic E-state index is 0.00212. The molecule has 1 aliphatic rings. The summed E-state index contributed by atoms with van der Waals surface area (Å²) in [5.74, 6) is 1.63. The van der Waals surface area contributed by atoms with Crippen LogP contribution >= 0.6 is 0 Å². The zero-order valence-electron chi connectivity index (χ0n) is 17.2. The van der Waals surface area contributed by atoms with E-state index >= 15 is 0 Å². The van der Waals surface area contributed by atoms with Gasteiger partial charge in [0, 0.05) is 17.2 Å². The van der Waals surface area contributed by atoms with Gasteiger partial charge in [-0.15, -0.1) is 0 Å². The largest absolute Gasteiger partial charge is 0.497 e. The molecule has 1 aromatic heterocycles. The highest BCUT2D eigenvalue weighted by Gasteiger charge is 2.32. The molecule has 162 valence electrons. The van der Waals surface area contributed by atoms with Crippen LogP contribution in [0.2, 0.25) is 0 Å². The molecular formula is C22H23N3O5S. The molecule has 9 heteroatoms. The van der Waals surface area contributed by atoms with E-state index in [1.807, 2.05) is 24.3 Å². The fraction of sp³-hybridized carbons (Fsp3) is 0.273. The summed E-state index contributed by atoms with van der Waals surface area (Å²) in [6, 6.07) is 15.6. The van der Waals surface area contributed by atoms with Gasteiger partial charge >= 0.3 is 0 Å². The molecule has 2 heterocycles. The minimum atomic E-state index is -3.12. The third kappa shape index (κ3) is 4.56. The number of benzene rings is 2. The highest BCUT2D eigenvalue weighted by atomic mass is 32.2. The quantitative estimate of drug-likeness (QED) is 0.631. The van der Waals surface area contributed by atoms with E-state index in [-0.39, 0.29) is 23.5 Å². The van der Waals surface area contributed by atoms with E-state index in [0.717, 1.165) is 11.3 Å². The van der Waals surface area contributed by atoms with Crippen LogP contribution in [-0.2, 0) is 9.84 Å². The van der Waals surface area contributed by atoms with Crippen molar-refractivity contribution in [1.29, 1.82) is 0 Å². The Morgan fingerprint density at radius 3 is 2.19 bits per heavy atom. The zero-order chi connectivity index (χ0) is 22.0. The van der Waals surface area contributed by atoms with E-state index in [9.17, 15) is 13.2 Å². The monoisotopic (exact) mass is 441 g/mol. The summed E-state index contributed by atoms with van der Waals surface area (Å²) in [5.41, 5.74) is 1.93. The number of sulfone groups is 1. The molecule has 1 fully saturated rings. The van der Waals surface area contributed by atoms with E-state index in [0.29, 0.717) is 29.2 Å². The molecule has 1 aliphatic heterocycles. The van der Waals surface area contributed by atoms with Crippen molar-refractivity contribution in [3.63, 3.8) is 0 Å². The third-order valence-electron chi connectivity index (χ3n) is 5.27. The Labute approximate surface area is 180 Å². The van der Waals surface area contributed by atoms with Gasteiger partial charge in [0.2, 0.25) is 0 Å². The average molecular weight is 442 g/mol. The van der Waals surface area contributed by atoms with Crippen LogP contribution in [0.15, 0.2) is 54.6 Å². The van der Waals surface area contributed by atoms with Crippen LogP contribution in [-0.4, -0.2) is 49.8 Å². The summed E-state index contributed by atoms with van der Waals surface area (Å²) >= 11 is 0. The minimum Gasteiger partial charge on any atom is -0.497 e. The van der Waals surface area contributed by atoms with Gasteiger partial charge in [-0.25, -0.2) is 13.1 Å². The van der Waals surface area contributed by atoms with E-state index in [2.05, 4.69) is 10.4 Å². The van der Waals surface area contributed by atoms with Crippen molar-refractivity contribution in [2.24, 2.45) is 0 Å². The van der Waals surface area contributed by atoms with Gasteiger partial charge in [0.1, 0.15) is 17.3 Å². The first-order valence-electron chi connectivity index (χ1n) is 9.78. The second kappa shape index (κ2) is 8.43. The van der Waals surface area contributed by atoms with Gasteiger partial charge in [0.15, 0.2) is 9.84 Å². The SMILES string of the molecule is COc1ccc(C(=O)Nc2cc(-c3ccc(OC)cc3)nn2C2CCS(=O)(=O)C2)cc1. The molecule has 3 aromatic rings. The van der Waals surface area contributed by atoms with Crippen molar-refractivity contribution in [3.05, 3.63) is 60.2 Å². The number of ether oxygens (including phenoxy) is 2.